The molecule has 0 N–H and O–H groups in total. The van der Waals surface area contributed by atoms with Crippen molar-refractivity contribution in [2.75, 3.05) is 37.2 Å². The first-order chi connectivity index (χ1) is 9.78. The minimum Gasteiger partial charge on any atom is -0.357 e. The minimum absolute atomic E-state index is 0.0925. The minimum atomic E-state index is -0.313. The Kier molecular flexibility index (Phi) is 17.1. The lowest BCUT2D eigenvalue weighted by molar-refractivity contribution is -0.0826. The van der Waals surface area contributed by atoms with Crippen LogP contribution in [0.25, 0.3) is 0 Å². The SMILES string of the molecule is CCOC(OCC)[SiH2]CSSC[SiH2]C(OCC)OCC. The van der Waals surface area contributed by atoms with Crippen molar-refractivity contribution in [1.82, 2.24) is 0 Å². The second kappa shape index (κ2) is 16.3. The summed E-state index contributed by atoms with van der Waals surface area (Å²) in [6, 6.07) is 0. The Morgan fingerprint density at radius 2 is 0.950 bits per heavy atom. The molecule has 0 aliphatic carbocycles. The van der Waals surface area contributed by atoms with E-state index in [2.05, 4.69) is 0 Å². The van der Waals surface area contributed by atoms with Crippen LogP contribution in [0.1, 0.15) is 27.7 Å². The lowest BCUT2D eigenvalue weighted by Crippen LogP contribution is -2.27. The predicted molar refractivity (Wildman–Crippen MR) is 96.1 cm³/mol. The highest BCUT2D eigenvalue weighted by Crippen LogP contribution is 2.20. The first-order valence-electron chi connectivity index (χ1n) is 7.49. The van der Waals surface area contributed by atoms with Crippen molar-refractivity contribution in [3.63, 3.8) is 0 Å². The van der Waals surface area contributed by atoms with E-state index in [0.29, 0.717) is 0 Å². The third-order valence-electron chi connectivity index (χ3n) is 2.37. The van der Waals surface area contributed by atoms with Crippen LogP contribution in [0.4, 0.5) is 0 Å². The first kappa shape index (κ1) is 21.0. The summed E-state index contributed by atoms with van der Waals surface area (Å²) >= 11 is 0. The Hall–Kier alpha value is 0.974. The van der Waals surface area contributed by atoms with Gasteiger partial charge in [-0.3, -0.25) is 0 Å². The largest absolute Gasteiger partial charge is 0.357 e. The molecule has 0 aromatic rings. The lowest BCUT2D eigenvalue weighted by Gasteiger charge is -2.17. The van der Waals surface area contributed by atoms with Crippen LogP contribution >= 0.6 is 21.6 Å². The van der Waals surface area contributed by atoms with Crippen molar-refractivity contribution in [2.45, 2.75) is 39.5 Å². The van der Waals surface area contributed by atoms with E-state index in [1.807, 2.05) is 49.3 Å². The summed E-state index contributed by atoms with van der Waals surface area (Å²) in [4.78, 5) is 0. The van der Waals surface area contributed by atoms with Crippen LogP contribution in [0.15, 0.2) is 0 Å². The molecule has 0 saturated heterocycles. The molecule has 4 nitrogen and oxygen atoms in total. The molecule has 0 aromatic carbocycles. The molecule has 0 radical (unpaired) electrons. The Morgan fingerprint density at radius 1 is 0.650 bits per heavy atom. The van der Waals surface area contributed by atoms with Crippen LogP contribution in [0.3, 0.4) is 0 Å². The molecule has 0 spiro atoms. The molecule has 0 aromatic heterocycles. The van der Waals surface area contributed by atoms with Gasteiger partial charge >= 0.3 is 0 Å². The molecular weight excluding hydrogens is 328 g/mol. The van der Waals surface area contributed by atoms with Crippen LogP contribution < -0.4 is 0 Å². The quantitative estimate of drug-likeness (QED) is 0.190. The highest BCUT2D eigenvalue weighted by molar-refractivity contribution is 8.77. The van der Waals surface area contributed by atoms with E-state index in [0.717, 1.165) is 26.4 Å². The molecule has 0 atom stereocenters. The zero-order valence-electron chi connectivity index (χ0n) is 13.3. The molecule has 122 valence electrons. The molecule has 0 amide bonds. The fraction of sp³-hybridized carbons (Fsp3) is 1.00. The number of rotatable bonds is 15. The zero-order valence-corrected chi connectivity index (χ0v) is 17.7. The van der Waals surface area contributed by atoms with Gasteiger partial charge in [0.05, 0.1) is 0 Å². The third kappa shape index (κ3) is 12.7. The van der Waals surface area contributed by atoms with Crippen molar-refractivity contribution in [1.29, 1.82) is 0 Å². The van der Waals surface area contributed by atoms with Crippen LogP contribution in [0, 0.1) is 0 Å². The van der Waals surface area contributed by atoms with E-state index >= 15 is 0 Å². The number of ether oxygens (including phenoxy) is 4. The van der Waals surface area contributed by atoms with Gasteiger partial charge < -0.3 is 18.9 Å². The Labute approximate surface area is 136 Å². The molecule has 8 heteroatoms. The number of hydrogen-bond donors (Lipinski definition) is 0. The molecule has 0 rings (SSSR count). The van der Waals surface area contributed by atoms with Crippen molar-refractivity contribution in [3.8, 4) is 0 Å². The smallest absolute Gasteiger partial charge is 0.135 e. The second-order valence-electron chi connectivity index (χ2n) is 3.90. The van der Waals surface area contributed by atoms with E-state index in [9.17, 15) is 0 Å². The van der Waals surface area contributed by atoms with Crippen molar-refractivity contribution < 1.29 is 18.9 Å². The molecule has 0 heterocycles. The van der Waals surface area contributed by atoms with Crippen molar-refractivity contribution >= 4 is 40.6 Å². The summed E-state index contributed by atoms with van der Waals surface area (Å²) in [5.41, 5.74) is 0. The van der Waals surface area contributed by atoms with Gasteiger partial charge in [-0.1, -0.05) is 21.6 Å². The third-order valence-corrected chi connectivity index (χ3v) is 11.1. The predicted octanol–water partition coefficient (Wildman–Crippen LogP) is 1.33. The molecule has 20 heavy (non-hydrogen) atoms. The van der Waals surface area contributed by atoms with Gasteiger partial charge in [0, 0.05) is 26.4 Å². The van der Waals surface area contributed by atoms with Crippen LogP contribution in [-0.4, -0.2) is 68.0 Å². The summed E-state index contributed by atoms with van der Waals surface area (Å²) in [5.74, 6) is 0.185. The van der Waals surface area contributed by atoms with E-state index < -0.39 is 0 Å². The van der Waals surface area contributed by atoms with Crippen molar-refractivity contribution in [2.24, 2.45) is 0 Å². The topological polar surface area (TPSA) is 36.9 Å². The summed E-state index contributed by atoms with van der Waals surface area (Å²) in [5, 5.41) is 2.38. The van der Waals surface area contributed by atoms with E-state index in [1.165, 1.54) is 10.8 Å². The second-order valence-corrected chi connectivity index (χ2v) is 11.5. The van der Waals surface area contributed by atoms with E-state index in [1.54, 1.807) is 0 Å². The van der Waals surface area contributed by atoms with Gasteiger partial charge in [0.1, 0.15) is 30.9 Å². The zero-order chi connectivity index (χ0) is 15.1. The molecule has 0 aliphatic heterocycles. The molecule has 0 unspecified atom stereocenters. The molecular formula is C12H30O4S2Si2. The maximum Gasteiger partial charge on any atom is 0.135 e. The van der Waals surface area contributed by atoms with Gasteiger partial charge in [-0.05, 0) is 38.4 Å². The van der Waals surface area contributed by atoms with Crippen LogP contribution in [-0.2, 0) is 18.9 Å². The van der Waals surface area contributed by atoms with Crippen LogP contribution in [0.5, 0.6) is 0 Å². The Morgan fingerprint density at radius 3 is 1.20 bits per heavy atom. The van der Waals surface area contributed by atoms with E-state index in [-0.39, 0.29) is 30.9 Å². The molecule has 0 bridgehead atoms. The Balaban J connectivity index is 3.53. The monoisotopic (exact) mass is 358 g/mol. The molecule has 0 fully saturated rings. The van der Waals surface area contributed by atoms with Crippen LogP contribution in [0.2, 0.25) is 0 Å². The average molecular weight is 359 g/mol. The highest BCUT2D eigenvalue weighted by atomic mass is 33.1. The summed E-state index contributed by atoms with van der Waals surface area (Å²) in [6.45, 7) is 11.1. The standard InChI is InChI=1S/C12H30O4S2Si2/c1-5-13-11(14-6-2)19-9-17-18-10-20-12(15-7-3)16-8-4/h11-12H,5-10,19-20H2,1-4H3. The van der Waals surface area contributed by atoms with Gasteiger partial charge in [-0.2, -0.15) is 0 Å². The highest BCUT2D eigenvalue weighted by Gasteiger charge is 2.10. The lowest BCUT2D eigenvalue weighted by atomic mass is 10.9. The summed E-state index contributed by atoms with van der Waals surface area (Å²) in [6.07, 6.45) is 0. The fourth-order valence-electron chi connectivity index (χ4n) is 1.58. The first-order valence-corrected chi connectivity index (χ1v) is 13.6. The maximum absolute atomic E-state index is 5.58. The van der Waals surface area contributed by atoms with Gasteiger partial charge in [0.2, 0.25) is 0 Å². The average Bonchev–Trinajstić information content (AvgIpc) is 2.43. The normalized spacial score (nSPS) is 12.9. The maximum atomic E-state index is 5.58. The van der Waals surface area contributed by atoms with Gasteiger partial charge in [-0.25, -0.2) is 0 Å². The number of hydrogen-bond acceptors (Lipinski definition) is 6. The van der Waals surface area contributed by atoms with Gasteiger partial charge in [0.25, 0.3) is 0 Å². The van der Waals surface area contributed by atoms with Crippen molar-refractivity contribution in [3.05, 3.63) is 0 Å². The molecule has 0 aliphatic rings. The van der Waals surface area contributed by atoms with Gasteiger partial charge in [-0.15, -0.1) is 0 Å². The van der Waals surface area contributed by atoms with Gasteiger partial charge in [0.15, 0.2) is 0 Å². The summed E-state index contributed by atoms with van der Waals surface area (Å²) < 4.78 is 22.3. The molecule has 0 saturated carbocycles. The summed E-state index contributed by atoms with van der Waals surface area (Å²) in [7, 11) is 3.28. The fourth-order valence-corrected chi connectivity index (χ4v) is 10.3. The van der Waals surface area contributed by atoms with E-state index in [4.69, 9.17) is 18.9 Å². The Bertz CT molecular complexity index is 172.